The van der Waals surface area contributed by atoms with E-state index in [0.29, 0.717) is 31.5 Å². The second kappa shape index (κ2) is 6.86. The highest BCUT2D eigenvalue weighted by molar-refractivity contribution is 5.77. The maximum absolute atomic E-state index is 12.0. The molecule has 0 radical (unpaired) electrons. The molecule has 0 bridgehead atoms. The van der Waals surface area contributed by atoms with Crippen LogP contribution in [0.5, 0.6) is 0 Å². The number of carbonyl (C=O) groups is 1. The Hall–Kier alpha value is -0.610. The molecule has 0 heterocycles. The molecule has 0 spiro atoms. The molecule has 1 rings (SSSR count). The van der Waals surface area contributed by atoms with Crippen LogP contribution in [0.1, 0.15) is 32.6 Å². The molecule has 1 saturated carbocycles. The van der Waals surface area contributed by atoms with Crippen LogP contribution in [-0.4, -0.2) is 43.7 Å². The van der Waals surface area contributed by atoms with E-state index in [4.69, 9.17) is 10.5 Å². The highest BCUT2D eigenvalue weighted by atomic mass is 16.5. The topological polar surface area (TPSA) is 55.6 Å². The Labute approximate surface area is 98.1 Å². The highest BCUT2D eigenvalue weighted by Gasteiger charge is 2.32. The molecule has 0 saturated heterocycles. The van der Waals surface area contributed by atoms with Gasteiger partial charge in [0, 0.05) is 32.7 Å². The van der Waals surface area contributed by atoms with Gasteiger partial charge in [-0.25, -0.2) is 0 Å². The minimum absolute atomic E-state index is 0.264. The molecule has 0 aromatic heterocycles. The van der Waals surface area contributed by atoms with Gasteiger partial charge < -0.3 is 15.4 Å². The second-order valence-electron chi connectivity index (χ2n) is 4.73. The Kier molecular flexibility index (Phi) is 5.77. The van der Waals surface area contributed by atoms with Crippen molar-refractivity contribution in [3.05, 3.63) is 0 Å². The summed E-state index contributed by atoms with van der Waals surface area (Å²) in [5.74, 6) is 0.567. The van der Waals surface area contributed by atoms with Crippen LogP contribution in [0, 0.1) is 5.92 Å². The summed E-state index contributed by atoms with van der Waals surface area (Å²) >= 11 is 0. The van der Waals surface area contributed by atoms with Crippen LogP contribution in [0.3, 0.4) is 0 Å². The standard InChI is InChI=1S/C12H24N2O2/c1-10(9-16-2)8-12(15)14(7-3-6-13)11-4-5-11/h10-11H,3-9,13H2,1-2H3. The van der Waals surface area contributed by atoms with Gasteiger partial charge in [-0.15, -0.1) is 0 Å². The third-order valence-electron chi connectivity index (χ3n) is 2.89. The first-order valence-corrected chi connectivity index (χ1v) is 6.17. The van der Waals surface area contributed by atoms with Crippen molar-refractivity contribution in [3.8, 4) is 0 Å². The fourth-order valence-corrected chi connectivity index (χ4v) is 1.92. The molecule has 2 N–H and O–H groups in total. The van der Waals surface area contributed by atoms with Crippen LogP contribution in [0.2, 0.25) is 0 Å². The smallest absolute Gasteiger partial charge is 0.223 e. The molecule has 1 amide bonds. The van der Waals surface area contributed by atoms with Crippen LogP contribution in [0.4, 0.5) is 0 Å². The van der Waals surface area contributed by atoms with E-state index < -0.39 is 0 Å². The summed E-state index contributed by atoms with van der Waals surface area (Å²) < 4.78 is 5.05. The summed E-state index contributed by atoms with van der Waals surface area (Å²) in [5, 5.41) is 0. The zero-order valence-corrected chi connectivity index (χ0v) is 10.4. The van der Waals surface area contributed by atoms with E-state index in [2.05, 4.69) is 6.92 Å². The van der Waals surface area contributed by atoms with Crippen LogP contribution in [0.15, 0.2) is 0 Å². The predicted octanol–water partition coefficient (Wildman–Crippen LogP) is 0.999. The molecule has 1 unspecified atom stereocenters. The maximum Gasteiger partial charge on any atom is 0.223 e. The summed E-state index contributed by atoms with van der Waals surface area (Å²) in [5.41, 5.74) is 5.49. The molecule has 94 valence electrons. The largest absolute Gasteiger partial charge is 0.384 e. The molecule has 4 nitrogen and oxygen atoms in total. The fraction of sp³-hybridized carbons (Fsp3) is 0.917. The summed E-state index contributed by atoms with van der Waals surface area (Å²) in [6.45, 7) is 4.18. The van der Waals surface area contributed by atoms with Crippen LogP contribution >= 0.6 is 0 Å². The molecule has 4 heteroatoms. The van der Waals surface area contributed by atoms with Crippen molar-refractivity contribution in [2.45, 2.75) is 38.6 Å². The summed E-state index contributed by atoms with van der Waals surface area (Å²) in [7, 11) is 1.67. The van der Waals surface area contributed by atoms with Crippen molar-refractivity contribution in [3.63, 3.8) is 0 Å². The predicted molar refractivity (Wildman–Crippen MR) is 64.1 cm³/mol. The molecular weight excluding hydrogens is 204 g/mol. The zero-order chi connectivity index (χ0) is 12.0. The molecule has 1 aliphatic rings. The number of carbonyl (C=O) groups excluding carboxylic acids is 1. The van der Waals surface area contributed by atoms with Gasteiger partial charge in [-0.2, -0.15) is 0 Å². The van der Waals surface area contributed by atoms with Gasteiger partial charge in [0.15, 0.2) is 0 Å². The first-order chi connectivity index (χ1) is 7.69. The van der Waals surface area contributed by atoms with E-state index in [0.717, 1.165) is 25.8 Å². The van der Waals surface area contributed by atoms with Gasteiger partial charge in [0.05, 0.1) is 0 Å². The van der Waals surface area contributed by atoms with E-state index in [1.165, 1.54) is 0 Å². The zero-order valence-electron chi connectivity index (χ0n) is 10.4. The van der Waals surface area contributed by atoms with Gasteiger partial charge in [0.25, 0.3) is 0 Å². The molecular formula is C12H24N2O2. The normalized spacial score (nSPS) is 17.2. The average molecular weight is 228 g/mol. The van der Waals surface area contributed by atoms with Gasteiger partial charge in [-0.3, -0.25) is 4.79 Å². The van der Waals surface area contributed by atoms with Crippen molar-refractivity contribution in [2.75, 3.05) is 26.8 Å². The Balaban J connectivity index is 2.34. The SMILES string of the molecule is COCC(C)CC(=O)N(CCCN)C1CC1. The number of nitrogens with zero attached hydrogens (tertiary/aromatic N) is 1. The Morgan fingerprint density at radius 1 is 1.56 bits per heavy atom. The summed E-state index contributed by atoms with van der Waals surface area (Å²) in [6, 6.07) is 0.494. The van der Waals surface area contributed by atoms with Crippen molar-refractivity contribution in [2.24, 2.45) is 11.7 Å². The number of hydrogen-bond donors (Lipinski definition) is 1. The van der Waals surface area contributed by atoms with Crippen LogP contribution < -0.4 is 5.73 Å². The summed E-state index contributed by atoms with van der Waals surface area (Å²) in [4.78, 5) is 14.1. The van der Waals surface area contributed by atoms with Crippen molar-refractivity contribution < 1.29 is 9.53 Å². The number of amides is 1. The van der Waals surface area contributed by atoms with E-state index >= 15 is 0 Å². The number of hydrogen-bond acceptors (Lipinski definition) is 3. The second-order valence-corrected chi connectivity index (χ2v) is 4.73. The summed E-state index contributed by atoms with van der Waals surface area (Å²) in [6.07, 6.45) is 3.82. The molecule has 0 aliphatic heterocycles. The molecule has 1 atom stereocenters. The van der Waals surface area contributed by atoms with Crippen LogP contribution in [0.25, 0.3) is 0 Å². The molecule has 1 aliphatic carbocycles. The number of nitrogens with two attached hydrogens (primary N) is 1. The van der Waals surface area contributed by atoms with Crippen LogP contribution in [-0.2, 0) is 9.53 Å². The van der Waals surface area contributed by atoms with E-state index in [1.54, 1.807) is 7.11 Å². The van der Waals surface area contributed by atoms with Gasteiger partial charge >= 0.3 is 0 Å². The van der Waals surface area contributed by atoms with E-state index in [1.807, 2.05) is 4.90 Å². The van der Waals surface area contributed by atoms with Crippen molar-refractivity contribution >= 4 is 5.91 Å². The Morgan fingerprint density at radius 2 is 2.25 bits per heavy atom. The quantitative estimate of drug-likeness (QED) is 0.674. The van der Waals surface area contributed by atoms with Gasteiger partial charge in [0.2, 0.25) is 5.91 Å². The lowest BCUT2D eigenvalue weighted by atomic mass is 10.1. The van der Waals surface area contributed by atoms with E-state index in [9.17, 15) is 4.79 Å². The number of rotatable bonds is 8. The van der Waals surface area contributed by atoms with Gasteiger partial charge in [0.1, 0.15) is 0 Å². The molecule has 1 fully saturated rings. The number of ether oxygens (including phenoxy) is 1. The lowest BCUT2D eigenvalue weighted by molar-refractivity contribution is -0.133. The maximum atomic E-state index is 12.0. The Bertz CT molecular complexity index is 217. The minimum atomic E-state index is 0.264. The third kappa shape index (κ3) is 4.49. The fourth-order valence-electron chi connectivity index (χ4n) is 1.92. The lowest BCUT2D eigenvalue weighted by Gasteiger charge is -2.23. The van der Waals surface area contributed by atoms with Gasteiger partial charge in [-0.05, 0) is 31.7 Å². The highest BCUT2D eigenvalue weighted by Crippen LogP contribution is 2.28. The first-order valence-electron chi connectivity index (χ1n) is 6.17. The molecule has 0 aromatic rings. The van der Waals surface area contributed by atoms with Gasteiger partial charge in [-0.1, -0.05) is 6.92 Å². The Morgan fingerprint density at radius 3 is 2.75 bits per heavy atom. The van der Waals surface area contributed by atoms with Crippen molar-refractivity contribution in [1.29, 1.82) is 0 Å². The monoisotopic (exact) mass is 228 g/mol. The first kappa shape index (κ1) is 13.5. The number of methoxy groups -OCH3 is 1. The van der Waals surface area contributed by atoms with Crippen molar-refractivity contribution in [1.82, 2.24) is 4.90 Å². The molecule has 16 heavy (non-hydrogen) atoms. The lowest BCUT2D eigenvalue weighted by Crippen LogP contribution is -2.36. The minimum Gasteiger partial charge on any atom is -0.384 e. The third-order valence-corrected chi connectivity index (χ3v) is 2.89. The average Bonchev–Trinajstić information content (AvgIpc) is 3.02. The van der Waals surface area contributed by atoms with E-state index in [-0.39, 0.29) is 5.91 Å². The molecule has 0 aromatic carbocycles.